The zero-order chi connectivity index (χ0) is 22.5. The van der Waals surface area contributed by atoms with Crippen LogP contribution in [0.4, 0.5) is 4.79 Å². The van der Waals surface area contributed by atoms with Gasteiger partial charge in [0.1, 0.15) is 5.60 Å². The number of amides is 1. The highest BCUT2D eigenvalue weighted by molar-refractivity contribution is 7.91. The quantitative estimate of drug-likeness (QED) is 0.743. The van der Waals surface area contributed by atoms with Crippen molar-refractivity contribution in [2.75, 3.05) is 7.11 Å². The van der Waals surface area contributed by atoms with E-state index < -0.39 is 33.5 Å². The number of methoxy groups -OCH3 is 1. The molecule has 0 aliphatic carbocycles. The van der Waals surface area contributed by atoms with Gasteiger partial charge in [0.05, 0.1) is 16.9 Å². The van der Waals surface area contributed by atoms with Crippen molar-refractivity contribution in [2.45, 2.75) is 49.1 Å². The SMILES string of the molecule is [2H]CC(C)(C)OC(=O)NC(C(=O)OC)c1ccc(S(=O)(=O)c2ccc(C)cc2)cc1. The molecule has 1 N–H and O–H groups in total. The molecule has 1 amide bonds. The number of hydrogen-bond acceptors (Lipinski definition) is 6. The van der Waals surface area contributed by atoms with Crippen LogP contribution in [0.3, 0.4) is 0 Å². The first-order chi connectivity index (χ1) is 14.0. The average molecular weight is 421 g/mol. The van der Waals surface area contributed by atoms with Crippen LogP contribution in [0.5, 0.6) is 0 Å². The molecule has 1 unspecified atom stereocenters. The number of hydrogen-bond donors (Lipinski definition) is 1. The topological polar surface area (TPSA) is 98.8 Å². The monoisotopic (exact) mass is 420 g/mol. The highest BCUT2D eigenvalue weighted by atomic mass is 32.2. The molecule has 2 aromatic rings. The Kier molecular flexibility index (Phi) is 6.22. The number of rotatable bonds is 5. The minimum Gasteiger partial charge on any atom is -0.467 e. The zero-order valence-electron chi connectivity index (χ0n) is 17.8. The van der Waals surface area contributed by atoms with E-state index in [2.05, 4.69) is 5.32 Å². The fraction of sp³-hybridized carbons (Fsp3) is 0.333. The van der Waals surface area contributed by atoms with Crippen LogP contribution in [-0.4, -0.2) is 33.2 Å². The molecule has 8 heteroatoms. The van der Waals surface area contributed by atoms with Gasteiger partial charge in [-0.1, -0.05) is 29.8 Å². The van der Waals surface area contributed by atoms with Crippen molar-refractivity contribution in [3.05, 3.63) is 59.7 Å². The number of benzene rings is 2. The fourth-order valence-electron chi connectivity index (χ4n) is 2.49. The van der Waals surface area contributed by atoms with Gasteiger partial charge in [-0.3, -0.25) is 0 Å². The van der Waals surface area contributed by atoms with Gasteiger partial charge in [-0.15, -0.1) is 0 Å². The molecule has 0 saturated carbocycles. The number of esters is 1. The normalized spacial score (nSPS) is 13.2. The second-order valence-electron chi connectivity index (χ2n) is 7.14. The van der Waals surface area contributed by atoms with Crippen molar-refractivity contribution in [1.29, 1.82) is 0 Å². The molecule has 0 bridgehead atoms. The smallest absolute Gasteiger partial charge is 0.408 e. The van der Waals surface area contributed by atoms with Gasteiger partial charge in [0, 0.05) is 1.37 Å². The van der Waals surface area contributed by atoms with Gasteiger partial charge in [-0.05, 0) is 57.5 Å². The number of carbonyl (C=O) groups excluding carboxylic acids is 2. The van der Waals surface area contributed by atoms with E-state index in [1.54, 1.807) is 26.0 Å². The van der Waals surface area contributed by atoms with E-state index >= 15 is 0 Å². The maximum Gasteiger partial charge on any atom is 0.408 e. The number of ether oxygens (including phenoxy) is 2. The molecule has 0 radical (unpaired) electrons. The lowest BCUT2D eigenvalue weighted by Gasteiger charge is -2.22. The van der Waals surface area contributed by atoms with E-state index in [9.17, 15) is 18.0 Å². The first kappa shape index (κ1) is 20.9. The minimum absolute atomic E-state index is 0.0524. The summed E-state index contributed by atoms with van der Waals surface area (Å²) in [7, 11) is -2.55. The molecule has 0 saturated heterocycles. The summed E-state index contributed by atoms with van der Waals surface area (Å²) < 4.78 is 42.8. The van der Waals surface area contributed by atoms with Crippen LogP contribution < -0.4 is 5.32 Å². The summed E-state index contributed by atoms with van der Waals surface area (Å²) in [5.41, 5.74) is 0.235. The predicted molar refractivity (Wildman–Crippen MR) is 107 cm³/mol. The zero-order valence-corrected chi connectivity index (χ0v) is 17.6. The summed E-state index contributed by atoms with van der Waals surface area (Å²) in [6.45, 7) is 4.84. The van der Waals surface area contributed by atoms with Crippen LogP contribution in [0.15, 0.2) is 58.3 Å². The Hall–Kier alpha value is -2.87. The number of sulfone groups is 1. The molecule has 0 heterocycles. The maximum atomic E-state index is 12.8. The van der Waals surface area contributed by atoms with Crippen LogP contribution in [0.1, 0.15) is 39.3 Å². The van der Waals surface area contributed by atoms with Gasteiger partial charge in [0.2, 0.25) is 9.84 Å². The summed E-state index contributed by atoms with van der Waals surface area (Å²) >= 11 is 0. The number of aryl methyl sites for hydroxylation is 1. The average Bonchev–Trinajstić information content (AvgIpc) is 2.71. The second kappa shape index (κ2) is 8.65. The standard InChI is InChI=1S/C21H25NO6S/c1-14-6-10-16(11-7-14)29(25,26)17-12-8-15(9-13-17)18(19(23)27-5)22-20(24)28-21(2,3)4/h6-13,18H,1-5H3,(H,22,24)/i2D. The molecule has 7 nitrogen and oxygen atoms in total. The van der Waals surface area contributed by atoms with Gasteiger partial charge in [0.15, 0.2) is 6.04 Å². The largest absolute Gasteiger partial charge is 0.467 e. The molecule has 29 heavy (non-hydrogen) atoms. The molecule has 1 atom stereocenters. The summed E-state index contributed by atoms with van der Waals surface area (Å²) in [4.78, 5) is 24.5. The highest BCUT2D eigenvalue weighted by Crippen LogP contribution is 2.24. The molecule has 0 aliphatic rings. The molecule has 0 fully saturated rings. The van der Waals surface area contributed by atoms with Crippen LogP contribution in [-0.2, 0) is 24.1 Å². The summed E-state index contributed by atoms with van der Waals surface area (Å²) in [6, 6.07) is 10.9. The molecular formula is C21H25NO6S. The maximum absolute atomic E-state index is 12.8. The first-order valence-electron chi connectivity index (χ1n) is 9.49. The Balaban J connectivity index is 2.28. The summed E-state index contributed by atoms with van der Waals surface area (Å²) in [5.74, 6) is -0.746. The Morgan fingerprint density at radius 1 is 1.03 bits per heavy atom. The van der Waals surface area contributed by atoms with Crippen molar-refractivity contribution < 1.29 is 28.9 Å². The van der Waals surface area contributed by atoms with Crippen molar-refractivity contribution in [2.24, 2.45) is 0 Å². The van der Waals surface area contributed by atoms with Gasteiger partial charge < -0.3 is 14.8 Å². The van der Waals surface area contributed by atoms with Crippen LogP contribution in [0, 0.1) is 6.92 Å². The molecule has 0 spiro atoms. The Labute approximate surface area is 172 Å². The Morgan fingerprint density at radius 2 is 1.55 bits per heavy atom. The van der Waals surface area contributed by atoms with E-state index in [1.807, 2.05) is 6.92 Å². The van der Waals surface area contributed by atoms with Gasteiger partial charge in [-0.25, -0.2) is 18.0 Å². The Morgan fingerprint density at radius 3 is 2.03 bits per heavy atom. The van der Waals surface area contributed by atoms with Gasteiger partial charge in [0.25, 0.3) is 0 Å². The van der Waals surface area contributed by atoms with Crippen molar-refractivity contribution >= 4 is 21.9 Å². The van der Waals surface area contributed by atoms with Crippen LogP contribution in [0.25, 0.3) is 0 Å². The lowest BCUT2D eigenvalue weighted by Crippen LogP contribution is -2.38. The third-order valence-electron chi connectivity index (χ3n) is 3.92. The van der Waals surface area contributed by atoms with Crippen LogP contribution >= 0.6 is 0 Å². The number of nitrogens with one attached hydrogen (secondary N) is 1. The van der Waals surface area contributed by atoms with E-state index in [-0.39, 0.29) is 16.7 Å². The van der Waals surface area contributed by atoms with Gasteiger partial charge in [-0.2, -0.15) is 0 Å². The Bertz CT molecular complexity index is 1000. The van der Waals surface area contributed by atoms with Crippen molar-refractivity contribution in [3.8, 4) is 0 Å². The number of alkyl carbamates (subject to hydrolysis) is 1. The van der Waals surface area contributed by atoms with E-state index in [0.717, 1.165) is 5.56 Å². The molecule has 0 aromatic heterocycles. The second-order valence-corrected chi connectivity index (χ2v) is 9.08. The van der Waals surface area contributed by atoms with E-state index in [1.165, 1.54) is 43.5 Å². The first-order valence-corrected chi connectivity index (χ1v) is 10.3. The molecule has 2 aromatic carbocycles. The lowest BCUT2D eigenvalue weighted by molar-refractivity contribution is -0.143. The van der Waals surface area contributed by atoms with Crippen molar-refractivity contribution in [3.63, 3.8) is 0 Å². The highest BCUT2D eigenvalue weighted by Gasteiger charge is 2.27. The van der Waals surface area contributed by atoms with Crippen molar-refractivity contribution in [1.82, 2.24) is 5.32 Å². The number of carbonyl (C=O) groups is 2. The third-order valence-corrected chi connectivity index (χ3v) is 5.71. The minimum atomic E-state index is -3.72. The van der Waals surface area contributed by atoms with Gasteiger partial charge >= 0.3 is 12.1 Å². The molecule has 2 rings (SSSR count). The van der Waals surface area contributed by atoms with E-state index in [4.69, 9.17) is 10.8 Å². The third kappa shape index (κ3) is 5.80. The fourth-order valence-corrected chi connectivity index (χ4v) is 3.75. The summed E-state index contributed by atoms with van der Waals surface area (Å²) in [5, 5.41) is 2.40. The molecule has 156 valence electrons. The van der Waals surface area contributed by atoms with Crippen LogP contribution in [0.2, 0.25) is 0 Å². The summed E-state index contributed by atoms with van der Waals surface area (Å²) in [6.07, 6.45) is -0.890. The predicted octanol–water partition coefficient (Wildman–Crippen LogP) is 3.57. The molecular weight excluding hydrogens is 394 g/mol. The lowest BCUT2D eigenvalue weighted by atomic mass is 10.1. The van der Waals surface area contributed by atoms with E-state index in [0.29, 0.717) is 5.56 Å². The molecule has 0 aliphatic heterocycles.